The van der Waals surface area contributed by atoms with Gasteiger partial charge in [-0.1, -0.05) is 12.1 Å². The van der Waals surface area contributed by atoms with Crippen LogP contribution in [0.25, 0.3) is 0 Å². The number of aryl methyl sites for hydroxylation is 1. The molecule has 2 aromatic rings. The molecule has 1 aromatic heterocycles. The first-order chi connectivity index (χ1) is 8.68. The van der Waals surface area contributed by atoms with Gasteiger partial charge in [0.05, 0.1) is 5.69 Å². The van der Waals surface area contributed by atoms with Gasteiger partial charge < -0.3 is 9.62 Å². The first-order valence-corrected chi connectivity index (χ1v) is 6.04. The molecule has 0 fully saturated rings. The third kappa shape index (κ3) is 1.56. The molecular formula is C12H15BN5. The Morgan fingerprint density at radius 2 is 1.89 bits per heavy atom. The smallest absolute Gasteiger partial charge is 0.395 e. The zero-order chi connectivity index (χ0) is 12.7. The molecule has 0 bridgehead atoms. The number of para-hydroxylation sites is 2. The lowest BCUT2D eigenvalue weighted by Crippen LogP contribution is -2.38. The van der Waals surface area contributed by atoms with Crippen LogP contribution < -0.4 is 9.62 Å². The van der Waals surface area contributed by atoms with Crippen molar-refractivity contribution in [2.75, 3.05) is 9.62 Å². The molecule has 91 valence electrons. The number of hydrogen-bond donors (Lipinski definition) is 0. The van der Waals surface area contributed by atoms with Crippen molar-refractivity contribution >= 4 is 24.9 Å². The van der Waals surface area contributed by atoms with E-state index in [1.807, 2.05) is 13.1 Å². The van der Waals surface area contributed by atoms with Gasteiger partial charge in [0.2, 0.25) is 5.95 Å². The van der Waals surface area contributed by atoms with Crippen LogP contribution in [0.2, 0.25) is 0 Å². The Morgan fingerprint density at radius 3 is 2.50 bits per heavy atom. The van der Waals surface area contributed by atoms with Gasteiger partial charge >= 0.3 is 7.55 Å². The summed E-state index contributed by atoms with van der Waals surface area (Å²) in [6, 6.07) is 8.73. The fraction of sp³-hybridized carbons (Fsp3) is 0.333. The maximum absolute atomic E-state index is 4.31. The van der Waals surface area contributed by atoms with Crippen molar-refractivity contribution in [1.29, 1.82) is 0 Å². The molecule has 1 aliphatic rings. The molecule has 3 rings (SSSR count). The maximum Gasteiger partial charge on any atom is 0.399 e. The summed E-state index contributed by atoms with van der Waals surface area (Å²) in [5, 5.41) is 4.13. The average molecular weight is 240 g/mol. The number of nitrogens with zero attached hydrogens (tertiary/aromatic N) is 5. The molecule has 0 amide bonds. The number of anilines is 3. The third-order valence-electron chi connectivity index (χ3n) is 3.12. The van der Waals surface area contributed by atoms with E-state index in [1.54, 1.807) is 11.0 Å². The number of fused-ring (bicyclic) bond motifs is 1. The largest absolute Gasteiger partial charge is 0.399 e. The first-order valence-electron chi connectivity index (χ1n) is 6.04. The second-order valence-corrected chi connectivity index (χ2v) is 4.66. The van der Waals surface area contributed by atoms with E-state index in [-0.39, 0.29) is 0 Å². The van der Waals surface area contributed by atoms with Gasteiger partial charge in [-0.25, -0.2) is 9.67 Å². The van der Waals surface area contributed by atoms with Crippen LogP contribution >= 0.6 is 0 Å². The summed E-state index contributed by atoms with van der Waals surface area (Å²) in [7, 11) is 3.98. The maximum atomic E-state index is 4.31. The SMILES string of the molecule is CC(C)N1[B]N(c2ncnn2C)c2ccccc21. The van der Waals surface area contributed by atoms with Crippen molar-refractivity contribution in [3.8, 4) is 0 Å². The summed E-state index contributed by atoms with van der Waals surface area (Å²) < 4.78 is 1.77. The van der Waals surface area contributed by atoms with Crippen molar-refractivity contribution in [3.63, 3.8) is 0 Å². The van der Waals surface area contributed by atoms with Crippen LogP contribution in [-0.2, 0) is 7.05 Å². The lowest BCUT2D eigenvalue weighted by atomic mass is 10.1. The quantitative estimate of drug-likeness (QED) is 0.749. The number of aromatic nitrogens is 3. The molecule has 1 aliphatic heterocycles. The Bertz CT molecular complexity index is 565. The van der Waals surface area contributed by atoms with E-state index in [9.17, 15) is 0 Å². The van der Waals surface area contributed by atoms with Crippen LogP contribution in [0.3, 0.4) is 0 Å². The molecule has 0 N–H and O–H groups in total. The average Bonchev–Trinajstić information content (AvgIpc) is 2.92. The molecule has 0 unspecified atom stereocenters. The summed E-state index contributed by atoms with van der Waals surface area (Å²) in [5.74, 6) is 0.825. The van der Waals surface area contributed by atoms with E-state index in [0.29, 0.717) is 6.04 Å². The van der Waals surface area contributed by atoms with Crippen LogP contribution in [0, 0.1) is 0 Å². The molecule has 0 spiro atoms. The molecule has 5 nitrogen and oxygen atoms in total. The van der Waals surface area contributed by atoms with E-state index in [4.69, 9.17) is 0 Å². The first kappa shape index (κ1) is 11.1. The van der Waals surface area contributed by atoms with Gasteiger partial charge in [0.1, 0.15) is 6.33 Å². The van der Waals surface area contributed by atoms with Crippen molar-refractivity contribution in [2.45, 2.75) is 19.9 Å². The summed E-state index contributed by atoms with van der Waals surface area (Å²) in [6.45, 7) is 4.35. The number of hydrogen-bond acceptors (Lipinski definition) is 4. The van der Waals surface area contributed by atoms with Crippen molar-refractivity contribution in [3.05, 3.63) is 30.6 Å². The highest BCUT2D eigenvalue weighted by molar-refractivity contribution is 6.53. The minimum absolute atomic E-state index is 0.407. The molecule has 1 aromatic carbocycles. The van der Waals surface area contributed by atoms with Crippen LogP contribution in [0.1, 0.15) is 13.8 Å². The fourth-order valence-corrected chi connectivity index (χ4v) is 2.21. The zero-order valence-corrected chi connectivity index (χ0v) is 10.8. The number of benzene rings is 1. The van der Waals surface area contributed by atoms with Crippen LogP contribution in [0.4, 0.5) is 17.3 Å². The van der Waals surface area contributed by atoms with Gasteiger partial charge in [-0.2, -0.15) is 5.10 Å². The minimum atomic E-state index is 0.407. The summed E-state index contributed by atoms with van der Waals surface area (Å²) >= 11 is 0. The standard InChI is InChI=1S/C12H15BN5/c1-9(2)17-10-6-4-5-7-11(10)18(13-17)12-14-8-15-16(12)3/h4-9H,1-3H3. The molecule has 1 radical (unpaired) electrons. The molecule has 6 heteroatoms. The third-order valence-corrected chi connectivity index (χ3v) is 3.12. The Balaban J connectivity index is 2.08. The molecular weight excluding hydrogens is 225 g/mol. The lowest BCUT2D eigenvalue weighted by molar-refractivity contribution is 0.767. The summed E-state index contributed by atoms with van der Waals surface area (Å²) in [5.41, 5.74) is 2.35. The van der Waals surface area contributed by atoms with Crippen LogP contribution in [-0.4, -0.2) is 28.4 Å². The zero-order valence-electron chi connectivity index (χ0n) is 10.8. The Morgan fingerprint density at radius 1 is 1.17 bits per heavy atom. The van der Waals surface area contributed by atoms with E-state index < -0.39 is 0 Å². The Labute approximate surface area is 107 Å². The minimum Gasteiger partial charge on any atom is -0.395 e. The van der Waals surface area contributed by atoms with Gasteiger partial charge in [-0.3, -0.25) is 0 Å². The molecule has 0 aliphatic carbocycles. The number of rotatable bonds is 2. The van der Waals surface area contributed by atoms with Gasteiger partial charge in [-0.05, 0) is 26.0 Å². The Kier molecular flexibility index (Phi) is 2.50. The van der Waals surface area contributed by atoms with Gasteiger partial charge in [0, 0.05) is 18.8 Å². The predicted octanol–water partition coefficient (Wildman–Crippen LogP) is 1.72. The summed E-state index contributed by atoms with van der Waals surface area (Å²) in [4.78, 5) is 8.62. The molecule has 2 heterocycles. The van der Waals surface area contributed by atoms with E-state index >= 15 is 0 Å². The monoisotopic (exact) mass is 240 g/mol. The molecule has 18 heavy (non-hydrogen) atoms. The predicted molar refractivity (Wildman–Crippen MR) is 73.0 cm³/mol. The molecule has 0 saturated carbocycles. The lowest BCUT2D eigenvalue weighted by Gasteiger charge is -2.22. The molecule has 0 atom stereocenters. The van der Waals surface area contributed by atoms with E-state index in [1.165, 1.54) is 5.69 Å². The Hall–Kier alpha value is -1.98. The van der Waals surface area contributed by atoms with Gasteiger partial charge in [0.15, 0.2) is 0 Å². The second-order valence-electron chi connectivity index (χ2n) is 4.66. The van der Waals surface area contributed by atoms with Crippen molar-refractivity contribution < 1.29 is 0 Å². The highest BCUT2D eigenvalue weighted by Crippen LogP contribution is 2.38. The topological polar surface area (TPSA) is 37.2 Å². The molecule has 0 saturated heterocycles. The highest BCUT2D eigenvalue weighted by atomic mass is 15.4. The second kappa shape index (κ2) is 4.05. The van der Waals surface area contributed by atoms with E-state index in [2.05, 4.69) is 59.3 Å². The van der Waals surface area contributed by atoms with Gasteiger partial charge in [-0.15, -0.1) is 0 Å². The summed E-state index contributed by atoms with van der Waals surface area (Å²) in [6.07, 6.45) is 1.57. The van der Waals surface area contributed by atoms with Crippen LogP contribution in [0.5, 0.6) is 0 Å². The fourth-order valence-electron chi connectivity index (χ4n) is 2.21. The van der Waals surface area contributed by atoms with Crippen LogP contribution in [0.15, 0.2) is 30.6 Å². The van der Waals surface area contributed by atoms with Gasteiger partial charge in [0.25, 0.3) is 0 Å². The highest BCUT2D eigenvalue weighted by Gasteiger charge is 2.32. The van der Waals surface area contributed by atoms with E-state index in [0.717, 1.165) is 11.6 Å². The van der Waals surface area contributed by atoms with Crippen molar-refractivity contribution in [2.24, 2.45) is 7.05 Å². The van der Waals surface area contributed by atoms with Crippen molar-refractivity contribution in [1.82, 2.24) is 14.8 Å². The normalized spacial score (nSPS) is 14.0.